The smallest absolute Gasteiger partial charge is 0.341 e. The second-order valence-corrected chi connectivity index (χ2v) is 5.51. The van der Waals surface area contributed by atoms with Crippen molar-refractivity contribution in [1.29, 1.82) is 0 Å². The average molecular weight is 314 g/mol. The number of carbonyl (C=O) groups excluding carboxylic acids is 1. The van der Waals surface area contributed by atoms with E-state index in [1.165, 1.54) is 14.2 Å². The van der Waals surface area contributed by atoms with Crippen molar-refractivity contribution in [1.82, 2.24) is 0 Å². The Balaban J connectivity index is 2.35. The molecular weight excluding hydrogens is 292 g/mol. The monoisotopic (exact) mass is 314 g/mol. The van der Waals surface area contributed by atoms with Gasteiger partial charge in [-0.2, -0.15) is 0 Å². The summed E-state index contributed by atoms with van der Waals surface area (Å²) >= 11 is 0. The molecule has 4 nitrogen and oxygen atoms in total. The molecule has 0 saturated carbocycles. The van der Waals surface area contributed by atoms with E-state index in [-0.39, 0.29) is 5.92 Å². The summed E-state index contributed by atoms with van der Waals surface area (Å²) in [6, 6.07) is 13.5. The predicted molar refractivity (Wildman–Crippen MR) is 89.2 cm³/mol. The Labute approximate surface area is 137 Å². The summed E-state index contributed by atoms with van der Waals surface area (Å²) in [7, 11) is 2.88. The Kier molecular flexibility index (Phi) is 5.63. The third-order valence-corrected chi connectivity index (χ3v) is 3.60. The summed E-state index contributed by atoms with van der Waals surface area (Å²) in [5.41, 5.74) is 2.44. The summed E-state index contributed by atoms with van der Waals surface area (Å²) in [5, 5.41) is 0. The van der Waals surface area contributed by atoms with Crippen molar-refractivity contribution in [2.75, 3.05) is 14.2 Å². The molecule has 2 aromatic rings. The fraction of sp³-hybridized carbons (Fsp3) is 0.316. The fourth-order valence-electron chi connectivity index (χ4n) is 2.33. The molecule has 0 aliphatic rings. The van der Waals surface area contributed by atoms with Crippen LogP contribution < -0.4 is 9.47 Å². The highest BCUT2D eigenvalue weighted by Gasteiger charge is 2.19. The van der Waals surface area contributed by atoms with Gasteiger partial charge < -0.3 is 14.2 Å². The molecule has 0 aliphatic heterocycles. The van der Waals surface area contributed by atoms with Gasteiger partial charge in [-0.1, -0.05) is 44.2 Å². The molecule has 0 N–H and O–H groups in total. The second-order valence-electron chi connectivity index (χ2n) is 5.51. The lowest BCUT2D eigenvalue weighted by atomic mass is 9.98. The molecule has 122 valence electrons. The standard InChI is InChI=1S/C19H22O4/c1-13(2)15-10-16(19(20)22-4)17(21-3)11-18(15)23-12-14-8-6-5-7-9-14/h5-11,13H,12H2,1-4H3. The van der Waals surface area contributed by atoms with Crippen molar-refractivity contribution in [3.05, 3.63) is 59.2 Å². The summed E-state index contributed by atoms with van der Waals surface area (Å²) in [6.07, 6.45) is 0. The van der Waals surface area contributed by atoms with Gasteiger partial charge in [-0.3, -0.25) is 0 Å². The van der Waals surface area contributed by atoms with E-state index in [0.717, 1.165) is 11.1 Å². The first kappa shape index (κ1) is 16.9. The van der Waals surface area contributed by atoms with E-state index in [1.807, 2.05) is 30.3 Å². The molecule has 0 heterocycles. The Morgan fingerprint density at radius 1 is 1.04 bits per heavy atom. The number of hydrogen-bond donors (Lipinski definition) is 0. The van der Waals surface area contributed by atoms with Crippen LogP contribution in [0.1, 0.15) is 41.3 Å². The van der Waals surface area contributed by atoms with Gasteiger partial charge in [-0.15, -0.1) is 0 Å². The number of carbonyl (C=O) groups is 1. The van der Waals surface area contributed by atoms with Crippen LogP contribution in [0.4, 0.5) is 0 Å². The van der Waals surface area contributed by atoms with Gasteiger partial charge in [0.05, 0.1) is 14.2 Å². The van der Waals surface area contributed by atoms with Gasteiger partial charge in [-0.05, 0) is 23.1 Å². The SMILES string of the molecule is COC(=O)c1cc(C(C)C)c(OCc2ccccc2)cc1OC. The number of rotatable bonds is 6. The van der Waals surface area contributed by atoms with E-state index in [9.17, 15) is 4.79 Å². The van der Waals surface area contributed by atoms with Crippen molar-refractivity contribution in [3.8, 4) is 11.5 Å². The normalized spacial score (nSPS) is 10.5. The Bertz CT molecular complexity index is 663. The van der Waals surface area contributed by atoms with Crippen molar-refractivity contribution in [2.45, 2.75) is 26.4 Å². The van der Waals surface area contributed by atoms with Crippen LogP contribution in [0.3, 0.4) is 0 Å². The summed E-state index contributed by atoms with van der Waals surface area (Å²) in [5.74, 6) is 0.950. The minimum absolute atomic E-state index is 0.204. The van der Waals surface area contributed by atoms with E-state index < -0.39 is 5.97 Å². The lowest BCUT2D eigenvalue weighted by Gasteiger charge is -2.17. The number of methoxy groups -OCH3 is 2. The van der Waals surface area contributed by atoms with E-state index in [0.29, 0.717) is 23.7 Å². The molecule has 4 heteroatoms. The highest BCUT2D eigenvalue weighted by atomic mass is 16.5. The minimum Gasteiger partial charge on any atom is -0.496 e. The predicted octanol–water partition coefficient (Wildman–Crippen LogP) is 4.18. The first-order valence-electron chi connectivity index (χ1n) is 7.53. The molecule has 0 spiro atoms. The van der Waals surface area contributed by atoms with Gasteiger partial charge in [-0.25, -0.2) is 4.79 Å². The first-order valence-corrected chi connectivity index (χ1v) is 7.53. The molecule has 23 heavy (non-hydrogen) atoms. The van der Waals surface area contributed by atoms with Crippen LogP contribution >= 0.6 is 0 Å². The van der Waals surface area contributed by atoms with Gasteiger partial charge in [0.15, 0.2) is 0 Å². The van der Waals surface area contributed by atoms with Gasteiger partial charge in [0.25, 0.3) is 0 Å². The molecule has 0 aromatic heterocycles. The quantitative estimate of drug-likeness (QED) is 0.750. The lowest BCUT2D eigenvalue weighted by molar-refractivity contribution is 0.0597. The molecule has 0 atom stereocenters. The zero-order valence-electron chi connectivity index (χ0n) is 14.0. The maximum Gasteiger partial charge on any atom is 0.341 e. The molecule has 0 saturated heterocycles. The van der Waals surface area contributed by atoms with Gasteiger partial charge in [0.1, 0.15) is 23.7 Å². The largest absolute Gasteiger partial charge is 0.496 e. The van der Waals surface area contributed by atoms with E-state index in [4.69, 9.17) is 14.2 Å². The number of benzene rings is 2. The van der Waals surface area contributed by atoms with E-state index in [1.54, 1.807) is 12.1 Å². The van der Waals surface area contributed by atoms with E-state index >= 15 is 0 Å². The molecule has 0 amide bonds. The fourth-order valence-corrected chi connectivity index (χ4v) is 2.33. The van der Waals surface area contributed by atoms with Gasteiger partial charge in [0.2, 0.25) is 0 Å². The minimum atomic E-state index is -0.418. The highest BCUT2D eigenvalue weighted by Crippen LogP contribution is 2.34. The molecule has 0 radical (unpaired) electrons. The van der Waals surface area contributed by atoms with Crippen LogP contribution in [0.5, 0.6) is 11.5 Å². The molecule has 0 unspecified atom stereocenters. The summed E-state index contributed by atoms with van der Waals surface area (Å²) in [4.78, 5) is 11.9. The maximum atomic E-state index is 11.9. The second kappa shape index (κ2) is 7.68. The maximum absolute atomic E-state index is 11.9. The van der Waals surface area contributed by atoms with Crippen molar-refractivity contribution in [3.63, 3.8) is 0 Å². The van der Waals surface area contributed by atoms with E-state index in [2.05, 4.69) is 13.8 Å². The van der Waals surface area contributed by atoms with Crippen LogP contribution in [0.25, 0.3) is 0 Å². The molecule has 0 aliphatic carbocycles. The topological polar surface area (TPSA) is 44.8 Å². The summed E-state index contributed by atoms with van der Waals surface area (Å²) < 4.78 is 16.1. The third kappa shape index (κ3) is 4.03. The Morgan fingerprint density at radius 3 is 2.30 bits per heavy atom. The number of esters is 1. The van der Waals surface area contributed by atoms with Crippen LogP contribution in [-0.2, 0) is 11.3 Å². The third-order valence-electron chi connectivity index (χ3n) is 3.60. The molecule has 0 fully saturated rings. The summed E-state index contributed by atoms with van der Waals surface area (Å²) in [6.45, 7) is 4.57. The van der Waals surface area contributed by atoms with Gasteiger partial charge >= 0.3 is 5.97 Å². The average Bonchev–Trinajstić information content (AvgIpc) is 2.59. The highest BCUT2D eigenvalue weighted by molar-refractivity contribution is 5.93. The number of hydrogen-bond acceptors (Lipinski definition) is 4. The van der Waals surface area contributed by atoms with Crippen LogP contribution in [0, 0.1) is 0 Å². The zero-order chi connectivity index (χ0) is 16.8. The van der Waals surface area contributed by atoms with Crippen LogP contribution in [0.2, 0.25) is 0 Å². The molecule has 0 bridgehead atoms. The van der Waals surface area contributed by atoms with Crippen molar-refractivity contribution < 1.29 is 19.0 Å². The van der Waals surface area contributed by atoms with Crippen LogP contribution in [0.15, 0.2) is 42.5 Å². The molecule has 2 rings (SSSR count). The van der Waals surface area contributed by atoms with Gasteiger partial charge in [0, 0.05) is 6.07 Å². The van der Waals surface area contributed by atoms with Crippen molar-refractivity contribution >= 4 is 5.97 Å². The number of ether oxygens (including phenoxy) is 3. The first-order chi connectivity index (χ1) is 11.1. The Morgan fingerprint density at radius 2 is 1.74 bits per heavy atom. The van der Waals surface area contributed by atoms with Crippen molar-refractivity contribution in [2.24, 2.45) is 0 Å². The lowest BCUT2D eigenvalue weighted by Crippen LogP contribution is -2.08. The molecular formula is C19H22O4. The van der Waals surface area contributed by atoms with Crippen LogP contribution in [-0.4, -0.2) is 20.2 Å². The Hall–Kier alpha value is -2.49. The zero-order valence-corrected chi connectivity index (χ0v) is 14.0. The molecule has 2 aromatic carbocycles.